The van der Waals surface area contributed by atoms with Crippen molar-refractivity contribution in [2.75, 3.05) is 5.32 Å². The molecule has 0 aliphatic rings. The Morgan fingerprint density at radius 1 is 1.23 bits per heavy atom. The average molecular weight is 322 g/mol. The normalized spacial score (nSPS) is 11.5. The molecule has 1 aromatic carbocycles. The summed E-state index contributed by atoms with van der Waals surface area (Å²) in [7, 11) is -3.84. The minimum absolute atomic E-state index is 0.0184. The zero-order valence-electron chi connectivity index (χ0n) is 12.6. The maximum absolute atomic E-state index is 12.2. The maximum atomic E-state index is 12.2. The smallest absolute Gasteiger partial charge is 0.291 e. The number of anilines is 1. The number of carbonyl (C=O) groups is 1. The first kappa shape index (κ1) is 16.3. The van der Waals surface area contributed by atoms with Crippen LogP contribution >= 0.6 is 0 Å². The summed E-state index contributed by atoms with van der Waals surface area (Å²) in [5.41, 5.74) is 1.76. The molecule has 0 bridgehead atoms. The number of nitrogens with two attached hydrogens (primary N) is 1. The molecule has 1 amide bonds. The first-order chi connectivity index (χ1) is 10.2. The second-order valence-electron chi connectivity index (χ2n) is 5.05. The van der Waals surface area contributed by atoms with Crippen molar-refractivity contribution in [2.24, 2.45) is 5.14 Å². The van der Waals surface area contributed by atoms with E-state index in [2.05, 4.69) is 5.32 Å². The maximum Gasteiger partial charge on any atom is 0.291 e. The lowest BCUT2D eigenvalue weighted by atomic mass is 10.2. The van der Waals surface area contributed by atoms with Gasteiger partial charge in [-0.15, -0.1) is 0 Å². The summed E-state index contributed by atoms with van der Waals surface area (Å²) in [5.74, 6) is 0.499. The van der Waals surface area contributed by atoms with E-state index in [-0.39, 0.29) is 10.7 Å². The second kappa shape index (κ2) is 5.94. The zero-order chi connectivity index (χ0) is 16.5. The van der Waals surface area contributed by atoms with Crippen LogP contribution in [-0.4, -0.2) is 14.3 Å². The molecule has 0 aliphatic carbocycles. The fourth-order valence-corrected chi connectivity index (χ4v) is 2.97. The summed E-state index contributed by atoms with van der Waals surface area (Å²) in [6.45, 7) is 5.44. The standard InChI is InChI=1S/C15H18N2O4S/c1-4-12-10(3)7-13(21-12)15(18)17-11-6-5-9(2)14(8-11)22(16,19)20/h5-8H,4H2,1-3H3,(H,17,18)(H2,16,19,20). The van der Waals surface area contributed by atoms with Crippen LogP contribution in [0.4, 0.5) is 5.69 Å². The highest BCUT2D eigenvalue weighted by atomic mass is 32.2. The first-order valence-electron chi connectivity index (χ1n) is 6.76. The van der Waals surface area contributed by atoms with Crippen molar-refractivity contribution in [3.8, 4) is 0 Å². The van der Waals surface area contributed by atoms with Gasteiger partial charge < -0.3 is 9.73 Å². The van der Waals surface area contributed by atoms with Gasteiger partial charge in [0.15, 0.2) is 5.76 Å². The Morgan fingerprint density at radius 2 is 1.91 bits per heavy atom. The molecule has 0 spiro atoms. The van der Waals surface area contributed by atoms with E-state index in [1.165, 1.54) is 6.07 Å². The van der Waals surface area contributed by atoms with Gasteiger partial charge >= 0.3 is 0 Å². The Labute approximate surface area is 129 Å². The molecule has 0 atom stereocenters. The van der Waals surface area contributed by atoms with E-state index in [1.54, 1.807) is 25.1 Å². The van der Waals surface area contributed by atoms with Gasteiger partial charge in [-0.2, -0.15) is 0 Å². The first-order valence-corrected chi connectivity index (χ1v) is 8.31. The van der Waals surface area contributed by atoms with Gasteiger partial charge in [0.2, 0.25) is 10.0 Å². The van der Waals surface area contributed by atoms with Crippen molar-refractivity contribution in [3.63, 3.8) is 0 Å². The molecule has 0 unspecified atom stereocenters. The van der Waals surface area contributed by atoms with Crippen molar-refractivity contribution >= 4 is 21.6 Å². The van der Waals surface area contributed by atoms with Gasteiger partial charge in [-0.05, 0) is 43.2 Å². The molecular weight excluding hydrogens is 304 g/mol. The molecule has 22 heavy (non-hydrogen) atoms. The Kier molecular flexibility index (Phi) is 4.39. The highest BCUT2D eigenvalue weighted by Crippen LogP contribution is 2.21. The largest absolute Gasteiger partial charge is 0.456 e. The zero-order valence-corrected chi connectivity index (χ0v) is 13.5. The monoisotopic (exact) mass is 322 g/mol. The fourth-order valence-electron chi connectivity index (χ4n) is 2.16. The van der Waals surface area contributed by atoms with Crippen LogP contribution in [0.25, 0.3) is 0 Å². The molecule has 1 aromatic heterocycles. The molecule has 3 N–H and O–H groups in total. The number of sulfonamides is 1. The van der Waals surface area contributed by atoms with Gasteiger partial charge in [-0.3, -0.25) is 4.79 Å². The lowest BCUT2D eigenvalue weighted by molar-refractivity contribution is 0.0995. The SMILES string of the molecule is CCc1oc(C(=O)Nc2ccc(C)c(S(N)(=O)=O)c2)cc1C. The van der Waals surface area contributed by atoms with Crippen LogP contribution in [0.15, 0.2) is 33.6 Å². The van der Waals surface area contributed by atoms with Crippen LogP contribution in [-0.2, 0) is 16.4 Å². The number of hydrogen-bond acceptors (Lipinski definition) is 4. The van der Waals surface area contributed by atoms with Crippen molar-refractivity contribution in [1.29, 1.82) is 0 Å². The molecule has 0 saturated heterocycles. The summed E-state index contributed by atoms with van der Waals surface area (Å²) in [6.07, 6.45) is 0.694. The summed E-state index contributed by atoms with van der Waals surface area (Å²) < 4.78 is 28.5. The Morgan fingerprint density at radius 3 is 2.45 bits per heavy atom. The van der Waals surface area contributed by atoms with Crippen LogP contribution in [0, 0.1) is 13.8 Å². The Balaban J connectivity index is 2.29. The lowest BCUT2D eigenvalue weighted by Crippen LogP contribution is -2.15. The van der Waals surface area contributed by atoms with Gasteiger partial charge in [-0.1, -0.05) is 13.0 Å². The van der Waals surface area contributed by atoms with Crippen LogP contribution in [0.5, 0.6) is 0 Å². The Bertz CT molecular complexity index is 822. The van der Waals surface area contributed by atoms with Gasteiger partial charge in [0.25, 0.3) is 5.91 Å². The van der Waals surface area contributed by atoms with Gasteiger partial charge in [-0.25, -0.2) is 13.6 Å². The number of furan rings is 1. The van der Waals surface area contributed by atoms with Crippen LogP contribution in [0.1, 0.15) is 34.4 Å². The molecule has 7 heteroatoms. The fraction of sp³-hybridized carbons (Fsp3) is 0.267. The second-order valence-corrected chi connectivity index (χ2v) is 6.58. The van der Waals surface area contributed by atoms with E-state index in [4.69, 9.17) is 9.56 Å². The highest BCUT2D eigenvalue weighted by Gasteiger charge is 2.16. The third-order valence-corrected chi connectivity index (χ3v) is 4.37. The molecule has 118 valence electrons. The summed E-state index contributed by atoms with van der Waals surface area (Å²) in [4.78, 5) is 12.1. The van der Waals surface area contributed by atoms with Crippen LogP contribution < -0.4 is 10.5 Å². The van der Waals surface area contributed by atoms with E-state index < -0.39 is 15.9 Å². The number of primary sulfonamides is 1. The quantitative estimate of drug-likeness (QED) is 0.902. The van der Waals surface area contributed by atoms with Crippen molar-refractivity contribution < 1.29 is 17.6 Å². The summed E-state index contributed by atoms with van der Waals surface area (Å²) in [5, 5.41) is 7.76. The van der Waals surface area contributed by atoms with Gasteiger partial charge in [0, 0.05) is 12.1 Å². The third-order valence-electron chi connectivity index (χ3n) is 3.32. The minimum atomic E-state index is -3.84. The molecule has 0 fully saturated rings. The molecule has 6 nitrogen and oxygen atoms in total. The molecule has 1 heterocycles. The number of aryl methyl sites for hydroxylation is 3. The molecule has 2 rings (SSSR count). The van der Waals surface area contributed by atoms with Crippen molar-refractivity contribution in [3.05, 3.63) is 46.9 Å². The van der Waals surface area contributed by atoms with Gasteiger partial charge in [0.05, 0.1) is 4.90 Å². The predicted octanol–water partition coefficient (Wildman–Crippen LogP) is 2.36. The van der Waals surface area contributed by atoms with Crippen molar-refractivity contribution in [1.82, 2.24) is 0 Å². The van der Waals surface area contributed by atoms with E-state index in [0.29, 0.717) is 17.7 Å². The van der Waals surface area contributed by atoms with Crippen LogP contribution in [0.3, 0.4) is 0 Å². The number of amides is 1. The van der Waals surface area contributed by atoms with E-state index in [9.17, 15) is 13.2 Å². The van der Waals surface area contributed by atoms with Crippen molar-refractivity contribution in [2.45, 2.75) is 32.1 Å². The number of rotatable bonds is 4. The highest BCUT2D eigenvalue weighted by molar-refractivity contribution is 7.89. The third kappa shape index (κ3) is 3.37. The molecule has 0 saturated carbocycles. The molecule has 0 radical (unpaired) electrons. The number of carbonyl (C=O) groups excluding carboxylic acids is 1. The van der Waals surface area contributed by atoms with E-state index in [0.717, 1.165) is 11.3 Å². The number of nitrogens with one attached hydrogen (secondary N) is 1. The molecule has 2 aromatic rings. The number of hydrogen-bond donors (Lipinski definition) is 2. The molecular formula is C15H18N2O4S. The summed E-state index contributed by atoms with van der Waals surface area (Å²) in [6, 6.07) is 6.18. The predicted molar refractivity (Wildman–Crippen MR) is 83.3 cm³/mol. The average Bonchev–Trinajstić information content (AvgIpc) is 2.81. The topological polar surface area (TPSA) is 102 Å². The summed E-state index contributed by atoms with van der Waals surface area (Å²) >= 11 is 0. The van der Waals surface area contributed by atoms with E-state index in [1.807, 2.05) is 13.8 Å². The minimum Gasteiger partial charge on any atom is -0.456 e. The van der Waals surface area contributed by atoms with Crippen LogP contribution in [0.2, 0.25) is 0 Å². The molecule has 0 aliphatic heterocycles. The van der Waals surface area contributed by atoms with E-state index >= 15 is 0 Å². The van der Waals surface area contributed by atoms with Gasteiger partial charge in [0.1, 0.15) is 5.76 Å². The lowest BCUT2D eigenvalue weighted by Gasteiger charge is -2.08. The Hall–Kier alpha value is -2.12. The number of benzene rings is 1.